The molecule has 1 amide bonds. The van der Waals surface area contributed by atoms with Gasteiger partial charge in [-0.1, -0.05) is 57.5 Å². The van der Waals surface area contributed by atoms with E-state index in [4.69, 9.17) is 4.74 Å². The Bertz CT molecular complexity index is 1080. The zero-order chi connectivity index (χ0) is 24.5. The van der Waals surface area contributed by atoms with Crippen LogP contribution in [0.5, 0.6) is 0 Å². The van der Waals surface area contributed by atoms with Gasteiger partial charge < -0.3 is 10.1 Å². The smallest absolute Gasteiger partial charge is 0.321 e. The van der Waals surface area contributed by atoms with Crippen molar-refractivity contribution in [1.82, 2.24) is 10.3 Å². The molecular weight excluding hydrogens is 456 g/mol. The Kier molecular flexibility index (Phi) is 7.28. The van der Waals surface area contributed by atoms with Crippen molar-refractivity contribution in [2.45, 2.75) is 76.3 Å². The number of carbonyl (C=O) groups is 2. The van der Waals surface area contributed by atoms with Gasteiger partial charge in [0, 0.05) is 6.04 Å². The number of pyridine rings is 1. The highest BCUT2D eigenvalue weighted by molar-refractivity contribution is 7.17. The lowest BCUT2D eigenvalue weighted by atomic mass is 9.53. The summed E-state index contributed by atoms with van der Waals surface area (Å²) in [5, 5.41) is 4.03. The van der Waals surface area contributed by atoms with E-state index >= 15 is 0 Å². The van der Waals surface area contributed by atoms with Crippen LogP contribution in [0.15, 0.2) is 24.3 Å². The highest BCUT2D eigenvalue weighted by atomic mass is 31.0. The van der Waals surface area contributed by atoms with E-state index in [1.165, 1.54) is 0 Å². The SMILES string of the molecule is CCOC(=O)C1(C(=O)NC2CCC(Bc3cc(C(F)(F)P)nc4ccc(C)cc34)CC2)CCC1. The first-order valence-corrected chi connectivity index (χ1v) is 12.8. The number of aryl methyl sites for hydroxylation is 1. The van der Waals surface area contributed by atoms with E-state index in [0.29, 0.717) is 31.5 Å². The Balaban J connectivity index is 1.42. The third-order valence-electron chi connectivity index (χ3n) is 7.39. The topological polar surface area (TPSA) is 68.3 Å². The van der Waals surface area contributed by atoms with Crippen molar-refractivity contribution < 1.29 is 23.1 Å². The lowest BCUT2D eigenvalue weighted by molar-refractivity contribution is -0.167. The fourth-order valence-corrected chi connectivity index (χ4v) is 5.37. The van der Waals surface area contributed by atoms with E-state index in [1.807, 2.05) is 19.1 Å². The number of alkyl halides is 2. The molecule has 182 valence electrons. The van der Waals surface area contributed by atoms with Crippen LogP contribution in [-0.2, 0) is 20.0 Å². The van der Waals surface area contributed by atoms with E-state index in [0.717, 1.165) is 48.5 Å². The molecule has 1 aromatic heterocycles. The van der Waals surface area contributed by atoms with Crippen LogP contribution in [-0.4, -0.2) is 36.8 Å². The molecule has 0 aliphatic heterocycles. The Labute approximate surface area is 202 Å². The maximum atomic E-state index is 14.1. The molecule has 2 aliphatic carbocycles. The largest absolute Gasteiger partial charge is 0.465 e. The van der Waals surface area contributed by atoms with Gasteiger partial charge in [-0.25, -0.2) is 4.98 Å². The lowest BCUT2D eigenvalue weighted by Crippen LogP contribution is -2.54. The monoisotopic (exact) mass is 488 g/mol. The van der Waals surface area contributed by atoms with Crippen LogP contribution in [0.4, 0.5) is 8.78 Å². The molecule has 9 heteroatoms. The van der Waals surface area contributed by atoms with Crippen LogP contribution in [0.3, 0.4) is 0 Å². The summed E-state index contributed by atoms with van der Waals surface area (Å²) < 4.78 is 33.3. The summed E-state index contributed by atoms with van der Waals surface area (Å²) >= 11 is 0. The van der Waals surface area contributed by atoms with Gasteiger partial charge >= 0.3 is 5.97 Å². The summed E-state index contributed by atoms with van der Waals surface area (Å²) in [4.78, 5) is 29.5. The number of amides is 1. The molecule has 0 saturated heterocycles. The van der Waals surface area contributed by atoms with Crippen molar-refractivity contribution >= 4 is 44.8 Å². The summed E-state index contributed by atoms with van der Waals surface area (Å²) in [6, 6.07) is 7.28. The second-order valence-corrected chi connectivity index (χ2v) is 10.6. The van der Waals surface area contributed by atoms with E-state index in [9.17, 15) is 18.4 Å². The third kappa shape index (κ3) is 5.12. The first-order chi connectivity index (χ1) is 16.1. The number of halogens is 2. The average molecular weight is 488 g/mol. The van der Waals surface area contributed by atoms with Crippen molar-refractivity contribution in [3.05, 3.63) is 35.5 Å². The molecule has 0 spiro atoms. The number of hydrogen-bond acceptors (Lipinski definition) is 4. The Morgan fingerprint density at radius 2 is 1.94 bits per heavy atom. The number of nitrogens with one attached hydrogen (secondary N) is 1. The van der Waals surface area contributed by atoms with Gasteiger partial charge in [0.05, 0.1) is 12.1 Å². The van der Waals surface area contributed by atoms with Crippen LogP contribution in [0.2, 0.25) is 5.82 Å². The predicted octanol–water partition coefficient (Wildman–Crippen LogP) is 4.11. The molecule has 4 rings (SSSR count). The summed E-state index contributed by atoms with van der Waals surface area (Å²) in [6.07, 6.45) is 5.34. The van der Waals surface area contributed by atoms with Crippen molar-refractivity contribution in [1.29, 1.82) is 0 Å². The highest BCUT2D eigenvalue weighted by Crippen LogP contribution is 2.43. The summed E-state index contributed by atoms with van der Waals surface area (Å²) in [5.74, 6) is -0.273. The van der Waals surface area contributed by atoms with Gasteiger partial charge in [0.15, 0.2) is 7.28 Å². The molecule has 1 heterocycles. The fourth-order valence-electron chi connectivity index (χ4n) is 5.22. The number of esters is 1. The standard InChI is InChI=1S/C25H32BF2N2O3P/c1-3-33-23(32)24(11-4-12-24)22(31)29-17-8-6-16(7-9-17)26-19-14-21(25(27,28)34)30-20-10-5-15(2)13-18(19)20/h5,10,13-14,16-17,26H,3-4,6-9,11-12,34H2,1-2H3,(H,29,31). The molecule has 2 aromatic rings. The number of aromatic nitrogens is 1. The van der Waals surface area contributed by atoms with E-state index < -0.39 is 17.0 Å². The maximum Gasteiger partial charge on any atom is 0.321 e. The molecule has 1 N–H and O–H groups in total. The van der Waals surface area contributed by atoms with Crippen LogP contribution in [0.1, 0.15) is 63.1 Å². The predicted molar refractivity (Wildman–Crippen MR) is 134 cm³/mol. The number of carbonyl (C=O) groups excluding carboxylic acids is 2. The second-order valence-electron chi connectivity index (χ2n) is 9.86. The zero-order valence-corrected chi connectivity index (χ0v) is 21.0. The van der Waals surface area contributed by atoms with Gasteiger partial charge in [0.25, 0.3) is 5.66 Å². The molecule has 2 aliphatic rings. The summed E-state index contributed by atoms with van der Waals surface area (Å²) in [5.41, 5.74) is -1.76. The molecular formula is C25H32BF2N2O3P. The van der Waals surface area contributed by atoms with Gasteiger partial charge in [-0.2, -0.15) is 8.78 Å². The minimum atomic E-state index is -3.08. The summed E-state index contributed by atoms with van der Waals surface area (Å²) in [7, 11) is 2.28. The van der Waals surface area contributed by atoms with E-state index in [2.05, 4.69) is 10.3 Å². The van der Waals surface area contributed by atoms with Gasteiger partial charge in [0.1, 0.15) is 11.1 Å². The number of ether oxygens (including phenoxy) is 1. The minimum absolute atomic E-state index is 0.0269. The molecule has 0 radical (unpaired) electrons. The first kappa shape index (κ1) is 25.0. The highest BCUT2D eigenvalue weighted by Gasteiger charge is 2.52. The lowest BCUT2D eigenvalue weighted by Gasteiger charge is -2.39. The second kappa shape index (κ2) is 9.89. The molecule has 1 atom stereocenters. The Hall–Kier alpha value is -2.08. The molecule has 1 unspecified atom stereocenters. The molecule has 1 aromatic carbocycles. The summed E-state index contributed by atoms with van der Waals surface area (Å²) in [6.45, 7) is 4.01. The van der Waals surface area contributed by atoms with Crippen molar-refractivity contribution in [3.63, 3.8) is 0 Å². The molecule has 34 heavy (non-hydrogen) atoms. The van der Waals surface area contributed by atoms with Gasteiger partial charge in [0.2, 0.25) is 5.91 Å². The Morgan fingerprint density at radius 1 is 1.24 bits per heavy atom. The van der Waals surface area contributed by atoms with Crippen LogP contribution in [0.25, 0.3) is 10.9 Å². The van der Waals surface area contributed by atoms with Crippen LogP contribution in [0, 0.1) is 12.3 Å². The van der Waals surface area contributed by atoms with Gasteiger partial charge in [-0.05, 0) is 57.0 Å². The average Bonchev–Trinajstić information content (AvgIpc) is 2.74. The van der Waals surface area contributed by atoms with Crippen molar-refractivity contribution in [2.75, 3.05) is 6.61 Å². The van der Waals surface area contributed by atoms with Crippen molar-refractivity contribution in [3.8, 4) is 0 Å². The number of hydrogen-bond donors (Lipinski definition) is 1. The normalized spacial score (nSPS) is 22.0. The first-order valence-electron chi connectivity index (χ1n) is 12.2. The molecule has 2 saturated carbocycles. The molecule has 2 fully saturated rings. The number of benzene rings is 1. The number of rotatable bonds is 7. The number of fused-ring (bicyclic) bond motifs is 1. The quantitative estimate of drug-likeness (QED) is 0.276. The molecule has 0 bridgehead atoms. The van der Waals surface area contributed by atoms with Crippen molar-refractivity contribution in [2.24, 2.45) is 5.41 Å². The maximum absolute atomic E-state index is 14.1. The van der Waals surface area contributed by atoms with E-state index in [1.54, 1.807) is 28.3 Å². The minimum Gasteiger partial charge on any atom is -0.465 e. The zero-order valence-electron chi connectivity index (χ0n) is 19.8. The molecule has 5 nitrogen and oxygen atoms in total. The van der Waals surface area contributed by atoms with E-state index in [-0.39, 0.29) is 24.2 Å². The number of nitrogens with zero attached hydrogens (tertiary/aromatic N) is 1. The van der Waals surface area contributed by atoms with Gasteiger partial charge in [-0.15, -0.1) is 0 Å². The third-order valence-corrected chi connectivity index (χ3v) is 7.69. The van der Waals surface area contributed by atoms with Crippen LogP contribution < -0.4 is 10.8 Å². The fraction of sp³-hybridized carbons (Fsp3) is 0.560. The van der Waals surface area contributed by atoms with Crippen LogP contribution >= 0.6 is 9.24 Å². The van der Waals surface area contributed by atoms with Gasteiger partial charge in [-0.3, -0.25) is 9.59 Å². The Morgan fingerprint density at radius 3 is 2.53 bits per heavy atom.